The second kappa shape index (κ2) is 6.38. The predicted octanol–water partition coefficient (Wildman–Crippen LogP) is 1.14. The number of anilines is 1. The molecular formula is C12H13F3N2O3. The summed E-state index contributed by atoms with van der Waals surface area (Å²) in [5.74, 6) is -2.36. The fourth-order valence-electron chi connectivity index (χ4n) is 1.34. The van der Waals surface area contributed by atoms with Crippen LogP contribution in [0.1, 0.15) is 12.5 Å². The maximum absolute atomic E-state index is 12.7. The van der Waals surface area contributed by atoms with Crippen molar-refractivity contribution in [2.45, 2.75) is 19.2 Å². The quantitative estimate of drug-likeness (QED) is 0.730. The lowest BCUT2D eigenvalue weighted by molar-refractivity contribution is -0.138. The van der Waals surface area contributed by atoms with E-state index in [4.69, 9.17) is 5.11 Å². The molecule has 0 aliphatic rings. The van der Waals surface area contributed by atoms with Crippen molar-refractivity contribution in [3.05, 3.63) is 29.8 Å². The van der Waals surface area contributed by atoms with Crippen LogP contribution < -0.4 is 10.6 Å². The Bertz CT molecular complexity index is 501. The molecule has 20 heavy (non-hydrogen) atoms. The first kappa shape index (κ1) is 16.0. The molecule has 0 saturated carbocycles. The van der Waals surface area contributed by atoms with Crippen LogP contribution in [0.4, 0.5) is 18.9 Å². The Morgan fingerprint density at radius 3 is 2.40 bits per heavy atom. The summed E-state index contributed by atoms with van der Waals surface area (Å²) < 4.78 is 38.0. The zero-order chi connectivity index (χ0) is 15.3. The number of benzene rings is 1. The van der Waals surface area contributed by atoms with Gasteiger partial charge in [-0.1, -0.05) is 12.1 Å². The number of hydrogen-bond acceptors (Lipinski definition) is 3. The summed E-state index contributed by atoms with van der Waals surface area (Å²) in [7, 11) is 0. The van der Waals surface area contributed by atoms with E-state index < -0.39 is 35.3 Å². The smallest absolute Gasteiger partial charge is 0.392 e. The van der Waals surface area contributed by atoms with Gasteiger partial charge in [-0.3, -0.25) is 9.59 Å². The molecule has 110 valence electrons. The monoisotopic (exact) mass is 290 g/mol. The fraction of sp³-hybridized carbons (Fsp3) is 0.333. The lowest BCUT2D eigenvalue weighted by atomic mass is 10.1. The number of halogens is 3. The number of aliphatic hydroxyl groups excluding tert-OH is 1. The van der Waals surface area contributed by atoms with Gasteiger partial charge in [-0.15, -0.1) is 0 Å². The summed E-state index contributed by atoms with van der Waals surface area (Å²) in [4.78, 5) is 22.7. The van der Waals surface area contributed by atoms with Gasteiger partial charge in [0.05, 0.1) is 17.4 Å². The minimum Gasteiger partial charge on any atom is -0.392 e. The van der Waals surface area contributed by atoms with Gasteiger partial charge in [-0.25, -0.2) is 0 Å². The molecule has 0 aromatic heterocycles. The van der Waals surface area contributed by atoms with Crippen molar-refractivity contribution in [1.82, 2.24) is 5.32 Å². The Morgan fingerprint density at radius 1 is 1.25 bits per heavy atom. The van der Waals surface area contributed by atoms with Gasteiger partial charge >= 0.3 is 18.0 Å². The summed E-state index contributed by atoms with van der Waals surface area (Å²) in [5, 5.41) is 12.9. The molecule has 0 saturated heterocycles. The molecule has 0 spiro atoms. The van der Waals surface area contributed by atoms with Gasteiger partial charge in [0.1, 0.15) is 0 Å². The standard InChI is InChI=1S/C12H13F3N2O3/c1-7(18)6-16-10(19)11(20)17-9-5-3-2-4-8(9)12(13,14)15/h2-5,7,18H,6H2,1H3,(H,16,19)(H,17,20). The zero-order valence-corrected chi connectivity index (χ0v) is 10.5. The first-order valence-electron chi connectivity index (χ1n) is 5.65. The highest BCUT2D eigenvalue weighted by molar-refractivity contribution is 6.39. The highest BCUT2D eigenvalue weighted by Gasteiger charge is 2.33. The fourth-order valence-corrected chi connectivity index (χ4v) is 1.34. The number of nitrogens with one attached hydrogen (secondary N) is 2. The molecule has 5 nitrogen and oxygen atoms in total. The SMILES string of the molecule is CC(O)CNC(=O)C(=O)Nc1ccccc1C(F)(F)F. The minimum atomic E-state index is -4.64. The van der Waals surface area contributed by atoms with Gasteiger partial charge in [0.2, 0.25) is 0 Å². The third-order valence-corrected chi connectivity index (χ3v) is 2.24. The van der Waals surface area contributed by atoms with Crippen molar-refractivity contribution in [2.24, 2.45) is 0 Å². The molecule has 1 rings (SSSR count). The van der Waals surface area contributed by atoms with Gasteiger partial charge in [-0.05, 0) is 19.1 Å². The number of carbonyl (C=O) groups is 2. The normalized spacial score (nSPS) is 12.7. The summed E-state index contributed by atoms with van der Waals surface area (Å²) in [6.07, 6.45) is -5.51. The third-order valence-electron chi connectivity index (χ3n) is 2.24. The minimum absolute atomic E-state index is 0.173. The zero-order valence-electron chi connectivity index (χ0n) is 10.5. The highest BCUT2D eigenvalue weighted by atomic mass is 19.4. The largest absolute Gasteiger partial charge is 0.418 e. The Labute approximate surface area is 112 Å². The van der Waals surface area contributed by atoms with Crippen molar-refractivity contribution >= 4 is 17.5 Å². The maximum Gasteiger partial charge on any atom is 0.418 e. The lowest BCUT2D eigenvalue weighted by Gasteiger charge is -2.13. The average Bonchev–Trinajstić information content (AvgIpc) is 2.35. The van der Waals surface area contributed by atoms with E-state index in [0.29, 0.717) is 0 Å². The molecule has 8 heteroatoms. The third kappa shape index (κ3) is 4.54. The second-order valence-corrected chi connectivity index (χ2v) is 4.06. The van der Waals surface area contributed by atoms with Gasteiger partial charge in [0, 0.05) is 6.54 Å². The van der Waals surface area contributed by atoms with Crippen LogP contribution in [0.5, 0.6) is 0 Å². The number of alkyl halides is 3. The molecule has 0 aliphatic carbocycles. The summed E-state index contributed by atoms with van der Waals surface area (Å²) in [5.41, 5.74) is -1.55. The van der Waals surface area contributed by atoms with Crippen molar-refractivity contribution < 1.29 is 27.9 Å². The van der Waals surface area contributed by atoms with Gasteiger partial charge < -0.3 is 15.7 Å². The summed E-state index contributed by atoms with van der Waals surface area (Å²) in [6.45, 7) is 1.21. The van der Waals surface area contributed by atoms with Crippen molar-refractivity contribution in [3.8, 4) is 0 Å². The van der Waals surface area contributed by atoms with Gasteiger partial charge in [0.25, 0.3) is 0 Å². The van der Waals surface area contributed by atoms with E-state index in [2.05, 4.69) is 5.32 Å². The van der Waals surface area contributed by atoms with Crippen LogP contribution in [0, 0.1) is 0 Å². The second-order valence-electron chi connectivity index (χ2n) is 4.06. The number of aliphatic hydroxyl groups is 1. The van der Waals surface area contributed by atoms with Crippen LogP contribution in [0.25, 0.3) is 0 Å². The molecule has 1 unspecified atom stereocenters. The van der Waals surface area contributed by atoms with E-state index in [1.165, 1.54) is 19.1 Å². The Morgan fingerprint density at radius 2 is 1.85 bits per heavy atom. The predicted molar refractivity (Wildman–Crippen MR) is 64.8 cm³/mol. The van der Waals surface area contributed by atoms with Crippen molar-refractivity contribution in [3.63, 3.8) is 0 Å². The van der Waals surface area contributed by atoms with E-state index in [1.807, 2.05) is 5.32 Å². The molecule has 3 N–H and O–H groups in total. The van der Waals surface area contributed by atoms with Crippen molar-refractivity contribution in [1.29, 1.82) is 0 Å². The molecule has 0 fully saturated rings. The Kier molecular flexibility index (Phi) is 5.09. The Hall–Kier alpha value is -2.09. The molecule has 1 atom stereocenters. The van der Waals surface area contributed by atoms with Crippen LogP contribution in [-0.2, 0) is 15.8 Å². The van der Waals surface area contributed by atoms with E-state index in [-0.39, 0.29) is 6.54 Å². The first-order valence-corrected chi connectivity index (χ1v) is 5.65. The van der Waals surface area contributed by atoms with E-state index in [9.17, 15) is 22.8 Å². The topological polar surface area (TPSA) is 78.4 Å². The summed E-state index contributed by atoms with van der Waals surface area (Å²) in [6, 6.07) is 4.32. The summed E-state index contributed by atoms with van der Waals surface area (Å²) >= 11 is 0. The highest BCUT2D eigenvalue weighted by Crippen LogP contribution is 2.34. The number of amides is 2. The van der Waals surface area contributed by atoms with E-state index >= 15 is 0 Å². The Balaban J connectivity index is 2.79. The number of rotatable bonds is 3. The molecule has 2 amide bonds. The van der Waals surface area contributed by atoms with E-state index in [1.54, 1.807) is 0 Å². The molecule has 1 aromatic rings. The molecule has 0 radical (unpaired) electrons. The maximum atomic E-state index is 12.7. The first-order chi connectivity index (χ1) is 9.21. The average molecular weight is 290 g/mol. The molecule has 0 heterocycles. The lowest BCUT2D eigenvalue weighted by Crippen LogP contribution is -2.39. The molecule has 0 bridgehead atoms. The van der Waals surface area contributed by atoms with E-state index in [0.717, 1.165) is 12.1 Å². The number of para-hydroxylation sites is 1. The van der Waals surface area contributed by atoms with Crippen LogP contribution >= 0.6 is 0 Å². The molecule has 0 aliphatic heterocycles. The molecule has 1 aromatic carbocycles. The number of carbonyl (C=O) groups excluding carboxylic acids is 2. The number of hydrogen-bond donors (Lipinski definition) is 3. The van der Waals surface area contributed by atoms with Crippen LogP contribution in [-0.4, -0.2) is 29.6 Å². The molecular weight excluding hydrogens is 277 g/mol. The van der Waals surface area contributed by atoms with Crippen molar-refractivity contribution in [2.75, 3.05) is 11.9 Å². The van der Waals surface area contributed by atoms with Gasteiger partial charge in [0.15, 0.2) is 0 Å². The van der Waals surface area contributed by atoms with Crippen LogP contribution in [0.2, 0.25) is 0 Å². The van der Waals surface area contributed by atoms with Crippen LogP contribution in [0.15, 0.2) is 24.3 Å². The van der Waals surface area contributed by atoms with Crippen LogP contribution in [0.3, 0.4) is 0 Å². The van der Waals surface area contributed by atoms with Gasteiger partial charge in [-0.2, -0.15) is 13.2 Å².